The van der Waals surface area contributed by atoms with Gasteiger partial charge in [-0.2, -0.15) is 0 Å². The fourth-order valence-corrected chi connectivity index (χ4v) is 2.67. The van der Waals surface area contributed by atoms with E-state index in [2.05, 4.69) is 44.8 Å². The predicted octanol–water partition coefficient (Wildman–Crippen LogP) is 3.13. The van der Waals surface area contributed by atoms with Gasteiger partial charge < -0.3 is 10.2 Å². The summed E-state index contributed by atoms with van der Waals surface area (Å²) in [7, 11) is 0. The first-order valence-electron chi connectivity index (χ1n) is 7.45. The van der Waals surface area contributed by atoms with Gasteiger partial charge >= 0.3 is 0 Å². The van der Waals surface area contributed by atoms with E-state index >= 15 is 0 Å². The molecule has 0 saturated carbocycles. The van der Waals surface area contributed by atoms with Crippen molar-refractivity contribution in [1.29, 1.82) is 0 Å². The van der Waals surface area contributed by atoms with Crippen LogP contribution in [0.5, 0.6) is 0 Å². The van der Waals surface area contributed by atoms with Crippen LogP contribution in [0.2, 0.25) is 0 Å². The quantitative estimate of drug-likeness (QED) is 0.735. The SMILES string of the molecule is CCC1CCN(CC(C)(CC)CNC(C)C)C1. The Kier molecular flexibility index (Phi) is 5.94. The lowest BCUT2D eigenvalue weighted by atomic mass is 9.86. The summed E-state index contributed by atoms with van der Waals surface area (Å²) in [6.45, 7) is 16.6. The van der Waals surface area contributed by atoms with Crippen LogP contribution in [0.1, 0.15) is 53.9 Å². The lowest BCUT2D eigenvalue weighted by molar-refractivity contribution is 0.172. The molecule has 0 spiro atoms. The fraction of sp³-hybridized carbons (Fsp3) is 1.00. The summed E-state index contributed by atoms with van der Waals surface area (Å²) in [4.78, 5) is 2.68. The van der Waals surface area contributed by atoms with Crippen molar-refractivity contribution in [3.63, 3.8) is 0 Å². The minimum absolute atomic E-state index is 0.437. The van der Waals surface area contributed by atoms with Gasteiger partial charge in [0.1, 0.15) is 0 Å². The van der Waals surface area contributed by atoms with E-state index in [9.17, 15) is 0 Å². The molecule has 0 aromatic rings. The van der Waals surface area contributed by atoms with Crippen molar-refractivity contribution in [3.8, 4) is 0 Å². The van der Waals surface area contributed by atoms with Gasteiger partial charge in [-0.1, -0.05) is 41.0 Å². The van der Waals surface area contributed by atoms with Gasteiger partial charge in [-0.3, -0.25) is 0 Å². The molecule has 0 aliphatic carbocycles. The number of likely N-dealkylation sites (tertiary alicyclic amines) is 1. The third kappa shape index (κ3) is 4.97. The van der Waals surface area contributed by atoms with E-state index in [1.165, 1.54) is 38.9 Å². The van der Waals surface area contributed by atoms with E-state index < -0.39 is 0 Å². The van der Waals surface area contributed by atoms with E-state index in [4.69, 9.17) is 0 Å². The first kappa shape index (κ1) is 15.0. The maximum Gasteiger partial charge on any atom is 0.00475 e. The van der Waals surface area contributed by atoms with Crippen LogP contribution in [0.3, 0.4) is 0 Å². The second-order valence-corrected chi connectivity index (χ2v) is 6.50. The van der Waals surface area contributed by atoms with Crippen molar-refractivity contribution in [2.75, 3.05) is 26.2 Å². The first-order valence-corrected chi connectivity index (χ1v) is 7.45. The second kappa shape index (κ2) is 6.75. The highest BCUT2D eigenvalue weighted by molar-refractivity contribution is 4.84. The molecule has 2 heteroatoms. The number of hydrogen-bond acceptors (Lipinski definition) is 2. The van der Waals surface area contributed by atoms with Gasteiger partial charge in [-0.15, -0.1) is 0 Å². The number of hydrogen-bond donors (Lipinski definition) is 1. The molecule has 17 heavy (non-hydrogen) atoms. The van der Waals surface area contributed by atoms with Crippen LogP contribution >= 0.6 is 0 Å². The zero-order chi connectivity index (χ0) is 12.9. The molecule has 0 radical (unpaired) electrons. The Bertz CT molecular complexity index is 215. The highest BCUT2D eigenvalue weighted by Crippen LogP contribution is 2.26. The Morgan fingerprint density at radius 1 is 1.35 bits per heavy atom. The lowest BCUT2D eigenvalue weighted by Gasteiger charge is -2.34. The molecular weight excluding hydrogens is 208 g/mol. The molecule has 0 bridgehead atoms. The van der Waals surface area contributed by atoms with Gasteiger partial charge in [-0.25, -0.2) is 0 Å². The Labute approximate surface area is 108 Å². The number of rotatable bonds is 7. The molecule has 1 saturated heterocycles. The summed E-state index contributed by atoms with van der Waals surface area (Å²) in [6.07, 6.45) is 4.03. The van der Waals surface area contributed by atoms with Crippen molar-refractivity contribution in [2.45, 2.75) is 59.9 Å². The molecule has 0 amide bonds. The minimum Gasteiger partial charge on any atom is -0.314 e. The monoisotopic (exact) mass is 240 g/mol. The normalized spacial score (nSPS) is 25.4. The average molecular weight is 240 g/mol. The zero-order valence-corrected chi connectivity index (χ0v) is 12.6. The van der Waals surface area contributed by atoms with E-state index in [1.54, 1.807) is 0 Å². The molecule has 2 atom stereocenters. The van der Waals surface area contributed by atoms with Crippen molar-refractivity contribution < 1.29 is 0 Å². The molecule has 1 rings (SSSR count). The van der Waals surface area contributed by atoms with Crippen LogP contribution in [0, 0.1) is 11.3 Å². The minimum atomic E-state index is 0.437. The summed E-state index contributed by atoms with van der Waals surface area (Å²) in [6, 6.07) is 0.600. The molecule has 0 aromatic carbocycles. The van der Waals surface area contributed by atoms with Gasteiger partial charge in [0.25, 0.3) is 0 Å². The summed E-state index contributed by atoms with van der Waals surface area (Å²) in [5.41, 5.74) is 0.437. The first-order chi connectivity index (χ1) is 7.99. The van der Waals surface area contributed by atoms with Crippen LogP contribution in [-0.2, 0) is 0 Å². The van der Waals surface area contributed by atoms with Crippen LogP contribution in [0.15, 0.2) is 0 Å². The number of nitrogens with zero attached hydrogens (tertiary/aromatic N) is 1. The molecular formula is C15H32N2. The molecule has 102 valence electrons. The van der Waals surface area contributed by atoms with E-state index in [0.29, 0.717) is 11.5 Å². The predicted molar refractivity (Wildman–Crippen MR) is 76.4 cm³/mol. The Morgan fingerprint density at radius 2 is 2.06 bits per heavy atom. The zero-order valence-electron chi connectivity index (χ0n) is 12.6. The van der Waals surface area contributed by atoms with Crippen LogP contribution in [0.25, 0.3) is 0 Å². The highest BCUT2D eigenvalue weighted by Gasteiger charge is 2.29. The summed E-state index contributed by atoms with van der Waals surface area (Å²) in [5, 5.41) is 3.61. The van der Waals surface area contributed by atoms with Crippen molar-refractivity contribution in [2.24, 2.45) is 11.3 Å². The smallest absolute Gasteiger partial charge is 0.00475 e. The van der Waals surface area contributed by atoms with Crippen LogP contribution in [0.4, 0.5) is 0 Å². The van der Waals surface area contributed by atoms with Crippen LogP contribution < -0.4 is 5.32 Å². The number of nitrogens with one attached hydrogen (secondary N) is 1. The van der Waals surface area contributed by atoms with Gasteiger partial charge in [-0.05, 0) is 30.7 Å². The lowest BCUT2D eigenvalue weighted by Crippen LogP contribution is -2.43. The molecule has 2 nitrogen and oxygen atoms in total. The fourth-order valence-electron chi connectivity index (χ4n) is 2.67. The third-order valence-electron chi connectivity index (χ3n) is 4.34. The molecule has 0 aromatic heterocycles. The van der Waals surface area contributed by atoms with Crippen molar-refractivity contribution in [1.82, 2.24) is 10.2 Å². The maximum atomic E-state index is 3.61. The van der Waals surface area contributed by atoms with Gasteiger partial charge in [0.05, 0.1) is 0 Å². The van der Waals surface area contributed by atoms with Gasteiger partial charge in [0.2, 0.25) is 0 Å². The maximum absolute atomic E-state index is 3.61. The van der Waals surface area contributed by atoms with E-state index in [1.807, 2.05) is 0 Å². The van der Waals surface area contributed by atoms with Crippen molar-refractivity contribution in [3.05, 3.63) is 0 Å². The summed E-state index contributed by atoms with van der Waals surface area (Å²) >= 11 is 0. The van der Waals surface area contributed by atoms with Gasteiger partial charge in [0.15, 0.2) is 0 Å². The average Bonchev–Trinajstić information content (AvgIpc) is 2.74. The van der Waals surface area contributed by atoms with E-state index in [-0.39, 0.29) is 0 Å². The Hall–Kier alpha value is -0.0800. The van der Waals surface area contributed by atoms with Crippen molar-refractivity contribution >= 4 is 0 Å². The summed E-state index contributed by atoms with van der Waals surface area (Å²) < 4.78 is 0. The Balaban J connectivity index is 2.40. The standard InChI is InChI=1S/C15H32N2/c1-6-14-8-9-17(10-14)12-15(5,7-2)11-16-13(3)4/h13-14,16H,6-12H2,1-5H3. The topological polar surface area (TPSA) is 15.3 Å². The summed E-state index contributed by atoms with van der Waals surface area (Å²) in [5.74, 6) is 0.953. The largest absolute Gasteiger partial charge is 0.314 e. The molecule has 1 fully saturated rings. The highest BCUT2D eigenvalue weighted by atomic mass is 15.2. The molecule has 1 aliphatic rings. The van der Waals surface area contributed by atoms with E-state index in [0.717, 1.165) is 12.5 Å². The molecule has 1 aliphatic heterocycles. The third-order valence-corrected chi connectivity index (χ3v) is 4.34. The molecule has 2 unspecified atom stereocenters. The van der Waals surface area contributed by atoms with Crippen LogP contribution in [-0.4, -0.2) is 37.1 Å². The van der Waals surface area contributed by atoms with Gasteiger partial charge in [0, 0.05) is 25.7 Å². The molecule has 1 heterocycles. The molecule has 1 N–H and O–H groups in total. The second-order valence-electron chi connectivity index (χ2n) is 6.50. The Morgan fingerprint density at radius 3 is 2.53 bits per heavy atom.